The highest BCUT2D eigenvalue weighted by molar-refractivity contribution is 5.39. The fourth-order valence-electron chi connectivity index (χ4n) is 4.31. The highest BCUT2D eigenvalue weighted by atomic mass is 16.5. The van der Waals surface area contributed by atoms with Gasteiger partial charge in [0.2, 0.25) is 0 Å². The van der Waals surface area contributed by atoms with Gasteiger partial charge < -0.3 is 14.9 Å². The van der Waals surface area contributed by atoms with Crippen LogP contribution in [0.25, 0.3) is 0 Å². The summed E-state index contributed by atoms with van der Waals surface area (Å²) in [6.45, 7) is 10.2. The second-order valence-electron chi connectivity index (χ2n) is 9.77. The predicted molar refractivity (Wildman–Crippen MR) is 162 cm³/mol. The molecule has 0 aliphatic carbocycles. The van der Waals surface area contributed by atoms with Crippen LogP contribution in [0.1, 0.15) is 129 Å². The average Bonchev–Trinajstić information content (AvgIpc) is 2.90. The Hall–Kier alpha value is -2.00. The summed E-state index contributed by atoms with van der Waals surface area (Å²) < 4.78 is 4.83. The first-order chi connectivity index (χ1) is 18.1. The van der Waals surface area contributed by atoms with Gasteiger partial charge in [-0.3, -0.25) is 0 Å². The highest BCUT2D eigenvalue weighted by Gasteiger charge is 2.07. The molecule has 0 radical (unpaired) electrons. The van der Waals surface area contributed by atoms with Gasteiger partial charge in [0, 0.05) is 13.2 Å². The Balaban J connectivity index is 0.000000879. The van der Waals surface area contributed by atoms with E-state index in [0.717, 1.165) is 26.1 Å². The van der Waals surface area contributed by atoms with Gasteiger partial charge in [0.05, 0.1) is 0 Å². The number of hydrogen-bond donors (Lipinski definition) is 2. The minimum absolute atomic E-state index is 0.322. The van der Waals surface area contributed by atoms with Gasteiger partial charge in [-0.1, -0.05) is 121 Å². The maximum atomic E-state index is 10.3. The Morgan fingerprint density at radius 3 is 1.43 bits per heavy atom. The summed E-state index contributed by atoms with van der Waals surface area (Å²) in [7, 11) is 0. The van der Waals surface area contributed by atoms with Crippen molar-refractivity contribution in [2.24, 2.45) is 0 Å². The van der Waals surface area contributed by atoms with Crippen LogP contribution in [0.3, 0.4) is 0 Å². The maximum Gasteiger partial charge on any atom is 0.119 e. The van der Waals surface area contributed by atoms with Gasteiger partial charge in [0.25, 0.3) is 0 Å². The van der Waals surface area contributed by atoms with Crippen molar-refractivity contribution in [1.82, 2.24) is 0 Å². The van der Waals surface area contributed by atoms with Gasteiger partial charge >= 0.3 is 0 Å². The van der Waals surface area contributed by atoms with E-state index in [-0.39, 0.29) is 0 Å². The monoisotopic (exact) mass is 514 g/mol. The number of aryl methyl sites for hydroxylation is 1. The van der Waals surface area contributed by atoms with Crippen LogP contribution in [0.15, 0.2) is 48.5 Å². The second-order valence-corrected chi connectivity index (χ2v) is 9.77. The van der Waals surface area contributed by atoms with Gasteiger partial charge in [-0.25, -0.2) is 0 Å². The van der Waals surface area contributed by atoms with Crippen LogP contribution in [-0.2, 0) is 17.6 Å². The molecule has 0 aliphatic heterocycles. The van der Waals surface area contributed by atoms with Crippen molar-refractivity contribution >= 4 is 0 Å². The van der Waals surface area contributed by atoms with Crippen molar-refractivity contribution in [2.75, 3.05) is 13.2 Å². The molecule has 3 nitrogen and oxygen atoms in total. The zero-order valence-electron chi connectivity index (χ0n) is 24.6. The predicted octanol–water partition coefficient (Wildman–Crippen LogP) is 10.4. The van der Waals surface area contributed by atoms with E-state index in [0.29, 0.717) is 11.5 Å². The zero-order valence-corrected chi connectivity index (χ0v) is 24.6. The second kappa shape index (κ2) is 27.0. The van der Waals surface area contributed by atoms with Crippen LogP contribution >= 0.6 is 0 Å². The van der Waals surface area contributed by atoms with Gasteiger partial charge in [-0.15, -0.1) is 0 Å². The molecule has 0 aromatic heterocycles. The summed E-state index contributed by atoms with van der Waals surface area (Å²) in [6.07, 6.45) is 21.0. The Labute approximate surface area is 229 Å². The van der Waals surface area contributed by atoms with Crippen LogP contribution in [0, 0.1) is 0 Å². The van der Waals surface area contributed by atoms with Crippen molar-refractivity contribution < 1.29 is 14.9 Å². The first kappa shape index (κ1) is 35.0. The van der Waals surface area contributed by atoms with E-state index in [1.807, 2.05) is 32.0 Å². The van der Waals surface area contributed by atoms with Crippen molar-refractivity contribution in [3.8, 4) is 11.5 Å². The maximum absolute atomic E-state index is 10.3. The molecule has 0 spiro atoms. The van der Waals surface area contributed by atoms with E-state index in [4.69, 9.17) is 9.84 Å². The van der Waals surface area contributed by atoms with E-state index in [9.17, 15) is 5.11 Å². The fourth-order valence-corrected chi connectivity index (χ4v) is 4.31. The Bertz CT molecular complexity index is 712. The summed E-state index contributed by atoms with van der Waals surface area (Å²) in [5, 5.41) is 18.9. The SMILES string of the molecule is CCCCCCCCCc1cccc(O)c1CCCCCCCCC.CCOCC.Oc1ccccc1. The molecule has 2 aromatic rings. The molecule has 3 heteroatoms. The summed E-state index contributed by atoms with van der Waals surface area (Å²) >= 11 is 0. The first-order valence-electron chi connectivity index (χ1n) is 15.2. The number of unbranched alkanes of at least 4 members (excludes halogenated alkanes) is 12. The smallest absolute Gasteiger partial charge is 0.119 e. The molecule has 2 aromatic carbocycles. The third kappa shape index (κ3) is 21.8. The minimum atomic E-state index is 0.322. The third-order valence-electron chi connectivity index (χ3n) is 6.49. The molecule has 0 saturated heterocycles. The van der Waals surface area contributed by atoms with Gasteiger partial charge in [0.15, 0.2) is 0 Å². The molecule has 37 heavy (non-hydrogen) atoms. The molecule has 0 aliphatic rings. The lowest BCUT2D eigenvalue weighted by Crippen LogP contribution is -1.96. The third-order valence-corrected chi connectivity index (χ3v) is 6.49. The molecular formula is C34H58O3. The number of hydrogen-bond acceptors (Lipinski definition) is 3. The van der Waals surface area contributed by atoms with E-state index in [1.165, 1.54) is 101 Å². The van der Waals surface area contributed by atoms with Crippen LogP contribution in [0.4, 0.5) is 0 Å². The molecule has 0 saturated carbocycles. The molecule has 0 unspecified atom stereocenters. The van der Waals surface area contributed by atoms with E-state index in [1.54, 1.807) is 24.3 Å². The normalized spacial score (nSPS) is 10.3. The lowest BCUT2D eigenvalue weighted by molar-refractivity contribution is 0.162. The van der Waals surface area contributed by atoms with E-state index in [2.05, 4.69) is 19.9 Å². The van der Waals surface area contributed by atoms with Crippen LogP contribution < -0.4 is 0 Å². The molecule has 0 bridgehead atoms. The lowest BCUT2D eigenvalue weighted by atomic mass is 9.95. The fraction of sp³-hybridized carbons (Fsp3) is 0.647. The standard InChI is InChI=1S/C24H42O.C6H6O.C4H10O/c1-3-5-7-9-11-13-15-18-22-19-17-21-24(25)23(22)20-16-14-12-10-8-6-4-2;7-6-4-2-1-3-5-6;1-3-5-4-2/h17,19,21,25H,3-16,18,20H2,1-2H3;1-5,7H;3-4H2,1-2H3. The van der Waals surface area contributed by atoms with Gasteiger partial charge in [0.1, 0.15) is 11.5 Å². The number of rotatable bonds is 18. The van der Waals surface area contributed by atoms with Crippen molar-refractivity contribution in [3.05, 3.63) is 59.7 Å². The van der Waals surface area contributed by atoms with Crippen LogP contribution in [0.2, 0.25) is 0 Å². The molecule has 0 atom stereocenters. The average molecular weight is 515 g/mol. The molecule has 2 rings (SSSR count). The molecule has 0 fully saturated rings. The summed E-state index contributed by atoms with van der Waals surface area (Å²) in [5.74, 6) is 0.842. The summed E-state index contributed by atoms with van der Waals surface area (Å²) in [6, 6.07) is 14.8. The number of ether oxygens (including phenoxy) is 1. The Morgan fingerprint density at radius 1 is 0.514 bits per heavy atom. The minimum Gasteiger partial charge on any atom is -0.508 e. The molecular weight excluding hydrogens is 456 g/mol. The zero-order chi connectivity index (χ0) is 27.4. The van der Waals surface area contributed by atoms with Crippen LogP contribution in [0.5, 0.6) is 11.5 Å². The Kier molecular flexibility index (Phi) is 25.6. The molecule has 0 amide bonds. The molecule has 0 heterocycles. The van der Waals surface area contributed by atoms with Crippen LogP contribution in [-0.4, -0.2) is 23.4 Å². The topological polar surface area (TPSA) is 49.7 Å². The largest absolute Gasteiger partial charge is 0.508 e. The number of phenols is 2. The first-order valence-corrected chi connectivity index (χ1v) is 15.2. The summed E-state index contributed by atoms with van der Waals surface area (Å²) in [4.78, 5) is 0. The van der Waals surface area contributed by atoms with Crippen molar-refractivity contribution in [1.29, 1.82) is 0 Å². The number of aromatic hydroxyl groups is 2. The van der Waals surface area contributed by atoms with Gasteiger partial charge in [-0.2, -0.15) is 0 Å². The van der Waals surface area contributed by atoms with E-state index >= 15 is 0 Å². The quantitative estimate of drug-likeness (QED) is 0.194. The van der Waals surface area contributed by atoms with Crippen molar-refractivity contribution in [2.45, 2.75) is 130 Å². The number of benzene rings is 2. The number of para-hydroxylation sites is 1. The Morgan fingerprint density at radius 2 is 1.00 bits per heavy atom. The summed E-state index contributed by atoms with van der Waals surface area (Å²) in [5.41, 5.74) is 2.61. The molecule has 212 valence electrons. The van der Waals surface area contributed by atoms with Gasteiger partial charge in [-0.05, 0) is 68.9 Å². The highest BCUT2D eigenvalue weighted by Crippen LogP contribution is 2.25. The lowest BCUT2D eigenvalue weighted by Gasteiger charge is -2.12. The van der Waals surface area contributed by atoms with E-state index < -0.39 is 0 Å². The number of phenolic OH excluding ortho intramolecular Hbond substituents is 2. The van der Waals surface area contributed by atoms with Crippen molar-refractivity contribution in [3.63, 3.8) is 0 Å². The molecule has 2 N–H and O–H groups in total.